The Morgan fingerprint density at radius 3 is 1.05 bits per heavy atom. The van der Waals surface area contributed by atoms with E-state index in [0.717, 1.165) is 47.6 Å². The summed E-state index contributed by atoms with van der Waals surface area (Å²) in [5.74, 6) is 1.12. The Hall–Kier alpha value is -2.88. The van der Waals surface area contributed by atoms with Gasteiger partial charge in [0, 0.05) is 45.2 Å². The third-order valence-corrected chi connectivity index (χ3v) is 9.26. The summed E-state index contributed by atoms with van der Waals surface area (Å²) in [4.78, 5) is 26.3. The highest BCUT2D eigenvalue weighted by Crippen LogP contribution is 2.41. The molecule has 0 saturated carbocycles. The van der Waals surface area contributed by atoms with Crippen molar-refractivity contribution in [1.29, 1.82) is 0 Å². The lowest BCUT2D eigenvalue weighted by Gasteiger charge is -2.24. The van der Waals surface area contributed by atoms with Crippen molar-refractivity contribution in [3.05, 3.63) is 58.7 Å². The number of carbonyl (C=O) groups excluding carboxylic acids is 2. The van der Waals surface area contributed by atoms with E-state index in [1.54, 1.807) is 12.2 Å². The number of hydrogen-bond acceptors (Lipinski definition) is 4. The Bertz CT molecular complexity index is 1180. The van der Waals surface area contributed by atoms with Crippen LogP contribution in [0.15, 0.2) is 36.4 Å². The predicted molar refractivity (Wildman–Crippen MR) is 184 cm³/mol. The summed E-state index contributed by atoms with van der Waals surface area (Å²) >= 11 is 0. The lowest BCUT2D eigenvalue weighted by molar-refractivity contribution is 0.103. The molecule has 0 saturated heterocycles. The maximum Gasteiger partial charge on any atom is 0.190 e. The van der Waals surface area contributed by atoms with Crippen molar-refractivity contribution in [2.24, 2.45) is 0 Å². The fourth-order valence-corrected chi connectivity index (χ4v) is 6.65. The quantitative estimate of drug-likeness (QED) is 0.112. The molecule has 2 aliphatic carbocycles. The summed E-state index contributed by atoms with van der Waals surface area (Å²) in [7, 11) is 0. The highest BCUT2D eigenvalue weighted by atomic mass is 16.5. The van der Waals surface area contributed by atoms with E-state index in [4.69, 9.17) is 9.47 Å². The molecule has 0 N–H and O–H groups in total. The Labute approximate surface area is 266 Å². The van der Waals surface area contributed by atoms with Crippen LogP contribution >= 0.6 is 0 Å². The molecule has 0 aliphatic heterocycles. The van der Waals surface area contributed by atoms with Crippen LogP contribution in [0.5, 0.6) is 0 Å². The molecule has 0 amide bonds. The van der Waals surface area contributed by atoms with Gasteiger partial charge in [-0.05, 0) is 37.1 Å². The first-order valence-corrected chi connectivity index (χ1v) is 18.0. The van der Waals surface area contributed by atoms with Gasteiger partial charge in [-0.15, -0.1) is 0 Å². The molecule has 2 aromatic rings. The topological polar surface area (TPSA) is 52.6 Å². The lowest BCUT2D eigenvalue weighted by Crippen LogP contribution is -2.14. The second-order valence-corrected chi connectivity index (χ2v) is 12.9. The Morgan fingerprint density at radius 2 is 0.705 bits per heavy atom. The Kier molecular flexibility index (Phi) is 14.5. The first kappa shape index (κ1) is 34.0. The molecule has 44 heavy (non-hydrogen) atoms. The Morgan fingerprint density at radius 1 is 0.409 bits per heavy atom. The Balaban J connectivity index is 1.28. The average Bonchev–Trinajstić information content (AvgIpc) is 3.03. The summed E-state index contributed by atoms with van der Waals surface area (Å²) in [5, 5.41) is 1.65. The molecule has 0 fully saturated rings. The van der Waals surface area contributed by atoms with E-state index < -0.39 is 0 Å². The normalized spacial score (nSPS) is 13.8. The minimum atomic E-state index is -0.0610. The fourth-order valence-electron chi connectivity index (χ4n) is 6.65. The molecule has 0 aromatic heterocycles. The predicted octanol–water partition coefficient (Wildman–Crippen LogP) is 11.8. The number of allylic oxidation sites excluding steroid dienone is 2. The van der Waals surface area contributed by atoms with Crippen molar-refractivity contribution >= 4 is 33.9 Å². The molecule has 0 bridgehead atoms. The standard InChI is InChI=1S/C40H56O4/c1-3-5-7-9-11-13-15-17-19-21-27-43-37-29-35(41)31-24-26-34-38(30-36(42)32-23-25-33(37)39(31)40(32)34)44-28-22-20-18-16-14-12-10-8-6-4-2/h23-26,29-30H,3-22,27-28H2,1-2H3. The summed E-state index contributed by atoms with van der Waals surface area (Å²) in [6, 6.07) is 7.67. The molecular weight excluding hydrogens is 544 g/mol. The molecule has 0 atom stereocenters. The van der Waals surface area contributed by atoms with Crippen molar-refractivity contribution in [1.82, 2.24) is 0 Å². The molecule has 2 aromatic carbocycles. The first-order valence-electron chi connectivity index (χ1n) is 18.0. The van der Waals surface area contributed by atoms with E-state index in [1.807, 2.05) is 24.3 Å². The van der Waals surface area contributed by atoms with E-state index in [1.165, 1.54) is 103 Å². The minimum Gasteiger partial charge on any atom is -0.493 e. The zero-order valence-electron chi connectivity index (χ0n) is 27.7. The number of unbranched alkanes of at least 4 members (excludes halogenated alkanes) is 18. The van der Waals surface area contributed by atoms with Crippen LogP contribution in [0.2, 0.25) is 0 Å². The SMILES string of the molecule is CCCCCCCCCCCCOC1=CC(=O)c2ccc3c4c(ccc1c24)C(=O)C=C3OCCCCCCCCCCCC. The fraction of sp³-hybridized carbons (Fsp3) is 0.600. The molecule has 0 heterocycles. The largest absolute Gasteiger partial charge is 0.493 e. The zero-order chi connectivity index (χ0) is 31.0. The van der Waals surface area contributed by atoms with Crippen LogP contribution in [0, 0.1) is 0 Å². The van der Waals surface area contributed by atoms with Crippen LogP contribution < -0.4 is 0 Å². The average molecular weight is 601 g/mol. The number of rotatable bonds is 24. The smallest absolute Gasteiger partial charge is 0.190 e. The van der Waals surface area contributed by atoms with E-state index in [9.17, 15) is 9.59 Å². The number of benzene rings is 2. The van der Waals surface area contributed by atoms with Crippen molar-refractivity contribution in [2.45, 2.75) is 142 Å². The zero-order valence-corrected chi connectivity index (χ0v) is 27.7. The number of ketones is 2. The third kappa shape index (κ3) is 9.56. The molecule has 2 aliphatic rings. The van der Waals surface area contributed by atoms with Gasteiger partial charge in [-0.2, -0.15) is 0 Å². The second kappa shape index (κ2) is 18.8. The van der Waals surface area contributed by atoms with E-state index >= 15 is 0 Å². The summed E-state index contributed by atoms with van der Waals surface area (Å²) < 4.78 is 12.4. The van der Waals surface area contributed by atoms with Gasteiger partial charge in [0.05, 0.1) is 13.2 Å². The number of ether oxygens (including phenoxy) is 2. The van der Waals surface area contributed by atoms with Gasteiger partial charge in [-0.3, -0.25) is 9.59 Å². The maximum atomic E-state index is 13.2. The maximum absolute atomic E-state index is 13.2. The molecular formula is C40H56O4. The number of carbonyl (C=O) groups is 2. The van der Waals surface area contributed by atoms with E-state index in [-0.39, 0.29) is 11.6 Å². The van der Waals surface area contributed by atoms with Crippen molar-refractivity contribution < 1.29 is 19.1 Å². The summed E-state index contributed by atoms with van der Waals surface area (Å²) in [6.45, 7) is 5.72. The molecule has 0 unspecified atom stereocenters. The van der Waals surface area contributed by atoms with Gasteiger partial charge in [0.1, 0.15) is 11.5 Å². The molecule has 0 radical (unpaired) electrons. The van der Waals surface area contributed by atoms with Gasteiger partial charge in [0.25, 0.3) is 0 Å². The van der Waals surface area contributed by atoms with Gasteiger partial charge < -0.3 is 9.47 Å². The molecule has 0 spiro atoms. The molecule has 240 valence electrons. The third-order valence-electron chi connectivity index (χ3n) is 9.26. The van der Waals surface area contributed by atoms with Gasteiger partial charge in [0.15, 0.2) is 11.6 Å². The highest BCUT2D eigenvalue weighted by Gasteiger charge is 2.29. The van der Waals surface area contributed by atoms with Crippen LogP contribution in [-0.2, 0) is 9.47 Å². The highest BCUT2D eigenvalue weighted by molar-refractivity contribution is 6.28. The van der Waals surface area contributed by atoms with Crippen molar-refractivity contribution in [3.8, 4) is 0 Å². The summed E-state index contributed by atoms with van der Waals surface area (Å²) in [6.07, 6.45) is 28.7. The van der Waals surface area contributed by atoms with Crippen LogP contribution in [0.1, 0.15) is 174 Å². The van der Waals surface area contributed by atoms with Gasteiger partial charge in [-0.25, -0.2) is 0 Å². The van der Waals surface area contributed by atoms with Gasteiger partial charge in [0.2, 0.25) is 0 Å². The van der Waals surface area contributed by atoms with E-state index in [2.05, 4.69) is 13.8 Å². The second-order valence-electron chi connectivity index (χ2n) is 12.9. The minimum absolute atomic E-state index is 0.0610. The van der Waals surface area contributed by atoms with Gasteiger partial charge in [-0.1, -0.05) is 129 Å². The van der Waals surface area contributed by atoms with Gasteiger partial charge >= 0.3 is 0 Å². The van der Waals surface area contributed by atoms with Crippen molar-refractivity contribution in [2.75, 3.05) is 13.2 Å². The summed E-state index contributed by atoms with van der Waals surface area (Å²) in [5.41, 5.74) is 3.07. The van der Waals surface area contributed by atoms with Crippen LogP contribution in [-0.4, -0.2) is 24.8 Å². The lowest BCUT2D eigenvalue weighted by atomic mass is 9.83. The van der Waals surface area contributed by atoms with E-state index in [0.29, 0.717) is 35.9 Å². The van der Waals surface area contributed by atoms with Crippen LogP contribution in [0.25, 0.3) is 22.3 Å². The first-order chi connectivity index (χ1) is 21.7. The van der Waals surface area contributed by atoms with Crippen molar-refractivity contribution in [3.63, 3.8) is 0 Å². The van der Waals surface area contributed by atoms with Crippen LogP contribution in [0.4, 0.5) is 0 Å². The number of hydrogen-bond donors (Lipinski definition) is 0. The molecule has 4 rings (SSSR count). The van der Waals surface area contributed by atoms with Crippen LogP contribution in [0.3, 0.4) is 0 Å². The molecule has 4 heteroatoms. The molecule has 4 nitrogen and oxygen atoms in total. The monoisotopic (exact) mass is 600 g/mol.